The molecule has 1 amide bonds. The molecule has 0 aliphatic carbocycles. The lowest BCUT2D eigenvalue weighted by molar-refractivity contribution is 0.0742. The van der Waals surface area contributed by atoms with Crippen LogP contribution in [0.1, 0.15) is 10.4 Å². The first-order valence-corrected chi connectivity index (χ1v) is 11.1. The van der Waals surface area contributed by atoms with Crippen LogP contribution in [0.15, 0.2) is 48.8 Å². The largest absolute Gasteiger partial charge is 0.493 e. The molecule has 1 aliphatic heterocycles. The fraction of sp³-hybridized carbons (Fsp3) is 0.261. The number of hydrogen-bond donors (Lipinski definition) is 0. The molecule has 0 saturated carbocycles. The predicted molar refractivity (Wildman–Crippen MR) is 127 cm³/mol. The van der Waals surface area contributed by atoms with Crippen molar-refractivity contribution in [3.63, 3.8) is 0 Å². The highest BCUT2D eigenvalue weighted by atomic mass is 35.5. The van der Waals surface area contributed by atoms with E-state index in [4.69, 9.17) is 21.1 Å². The molecule has 1 aliphatic rings. The van der Waals surface area contributed by atoms with Crippen LogP contribution in [-0.4, -0.2) is 76.2 Å². The second-order valence-electron chi connectivity index (χ2n) is 7.67. The van der Waals surface area contributed by atoms with Crippen LogP contribution in [0, 0.1) is 0 Å². The van der Waals surface area contributed by atoms with Crippen LogP contribution < -0.4 is 14.4 Å². The molecule has 2 aromatic carbocycles. The molecule has 10 nitrogen and oxygen atoms in total. The summed E-state index contributed by atoms with van der Waals surface area (Å²) in [7, 11) is 3.08. The van der Waals surface area contributed by atoms with Crippen LogP contribution in [0.3, 0.4) is 0 Å². The smallest absolute Gasteiger partial charge is 0.257 e. The van der Waals surface area contributed by atoms with Crippen molar-refractivity contribution in [1.29, 1.82) is 0 Å². The average molecular weight is 480 g/mol. The number of halogens is 1. The first-order chi connectivity index (χ1) is 16.6. The van der Waals surface area contributed by atoms with Gasteiger partial charge in [0, 0.05) is 31.2 Å². The van der Waals surface area contributed by atoms with Crippen LogP contribution in [0.25, 0.3) is 16.9 Å². The highest BCUT2D eigenvalue weighted by molar-refractivity contribution is 6.30. The summed E-state index contributed by atoms with van der Waals surface area (Å²) in [6, 6.07) is 12.6. The predicted octanol–water partition coefficient (Wildman–Crippen LogP) is 2.84. The van der Waals surface area contributed by atoms with Crippen molar-refractivity contribution in [2.24, 2.45) is 0 Å². The molecule has 0 N–H and O–H groups in total. The molecule has 174 valence electrons. The fourth-order valence-corrected chi connectivity index (χ4v) is 4.20. The number of methoxy groups -OCH3 is 2. The maximum Gasteiger partial charge on any atom is 0.257 e. The summed E-state index contributed by atoms with van der Waals surface area (Å²) in [5.74, 6) is 1.56. The Labute approximate surface area is 200 Å². The Bertz CT molecular complexity index is 1330. The van der Waals surface area contributed by atoms with E-state index in [0.29, 0.717) is 65.2 Å². The van der Waals surface area contributed by atoms with Gasteiger partial charge in [0.15, 0.2) is 28.5 Å². The van der Waals surface area contributed by atoms with Crippen molar-refractivity contribution >= 4 is 34.5 Å². The number of amides is 1. The van der Waals surface area contributed by atoms with E-state index in [1.54, 1.807) is 47.0 Å². The van der Waals surface area contributed by atoms with Gasteiger partial charge in [-0.1, -0.05) is 22.9 Å². The van der Waals surface area contributed by atoms with Crippen molar-refractivity contribution in [3.8, 4) is 17.2 Å². The second-order valence-corrected chi connectivity index (χ2v) is 8.10. The van der Waals surface area contributed by atoms with Gasteiger partial charge in [-0.25, -0.2) is 9.97 Å². The van der Waals surface area contributed by atoms with Crippen molar-refractivity contribution in [1.82, 2.24) is 29.9 Å². The quantitative estimate of drug-likeness (QED) is 0.431. The van der Waals surface area contributed by atoms with Gasteiger partial charge in [0.25, 0.3) is 5.91 Å². The van der Waals surface area contributed by atoms with E-state index in [-0.39, 0.29) is 5.91 Å². The first-order valence-electron chi connectivity index (χ1n) is 10.7. The van der Waals surface area contributed by atoms with Crippen LogP contribution >= 0.6 is 11.6 Å². The van der Waals surface area contributed by atoms with E-state index in [9.17, 15) is 4.79 Å². The minimum absolute atomic E-state index is 0.100. The number of anilines is 1. The van der Waals surface area contributed by atoms with E-state index < -0.39 is 0 Å². The van der Waals surface area contributed by atoms with Gasteiger partial charge in [0.1, 0.15) is 6.33 Å². The number of piperazine rings is 1. The monoisotopic (exact) mass is 479 g/mol. The molecule has 0 spiro atoms. The number of hydrogen-bond acceptors (Lipinski definition) is 8. The maximum atomic E-state index is 13.2. The number of carbonyl (C=O) groups is 1. The van der Waals surface area contributed by atoms with Gasteiger partial charge in [0.05, 0.1) is 25.5 Å². The molecule has 5 rings (SSSR count). The van der Waals surface area contributed by atoms with Crippen molar-refractivity contribution < 1.29 is 14.3 Å². The minimum Gasteiger partial charge on any atom is -0.493 e. The zero-order valence-electron chi connectivity index (χ0n) is 18.7. The summed E-state index contributed by atoms with van der Waals surface area (Å²) in [5.41, 5.74) is 2.49. The van der Waals surface area contributed by atoms with Crippen LogP contribution in [0.4, 0.5) is 5.82 Å². The molecule has 3 heterocycles. The number of rotatable bonds is 5. The van der Waals surface area contributed by atoms with Gasteiger partial charge in [0.2, 0.25) is 0 Å². The Balaban J connectivity index is 1.36. The Kier molecular flexibility index (Phi) is 5.89. The molecular formula is C23H22ClN7O3. The Morgan fingerprint density at radius 1 is 0.971 bits per heavy atom. The van der Waals surface area contributed by atoms with Crippen molar-refractivity contribution in [2.45, 2.75) is 0 Å². The minimum atomic E-state index is -0.100. The van der Waals surface area contributed by atoms with Crippen LogP contribution in [-0.2, 0) is 0 Å². The van der Waals surface area contributed by atoms with E-state index in [2.05, 4.69) is 25.2 Å². The molecule has 0 atom stereocenters. The molecule has 34 heavy (non-hydrogen) atoms. The standard InChI is InChI=1S/C23H22ClN7O3/c1-33-18-5-3-4-17(20(18)34-2)23(32)30-12-10-29(11-13-30)21-19-22(26-14-25-21)31(28-27-19)16-8-6-15(24)7-9-16/h3-9,14H,10-13H2,1-2H3. The fourth-order valence-electron chi connectivity index (χ4n) is 4.07. The molecular weight excluding hydrogens is 458 g/mol. The summed E-state index contributed by atoms with van der Waals surface area (Å²) >= 11 is 6.00. The van der Waals surface area contributed by atoms with Gasteiger partial charge in [-0.2, -0.15) is 4.68 Å². The summed E-state index contributed by atoms with van der Waals surface area (Å²) < 4.78 is 12.4. The lowest BCUT2D eigenvalue weighted by atomic mass is 10.1. The third-order valence-electron chi connectivity index (χ3n) is 5.79. The van der Waals surface area contributed by atoms with Gasteiger partial charge in [-0.3, -0.25) is 4.79 Å². The van der Waals surface area contributed by atoms with Gasteiger partial charge in [-0.15, -0.1) is 5.10 Å². The zero-order valence-corrected chi connectivity index (χ0v) is 19.4. The highest BCUT2D eigenvalue weighted by Crippen LogP contribution is 2.32. The lowest BCUT2D eigenvalue weighted by Gasteiger charge is -2.35. The Morgan fingerprint density at radius 2 is 1.74 bits per heavy atom. The third kappa shape index (κ3) is 3.86. The number of para-hydroxylation sites is 1. The average Bonchev–Trinajstić information content (AvgIpc) is 3.32. The number of ether oxygens (including phenoxy) is 2. The molecule has 1 saturated heterocycles. The maximum absolute atomic E-state index is 13.2. The van der Waals surface area contributed by atoms with E-state index in [0.717, 1.165) is 5.69 Å². The number of benzene rings is 2. The van der Waals surface area contributed by atoms with E-state index in [1.165, 1.54) is 13.4 Å². The number of aromatic nitrogens is 5. The zero-order chi connectivity index (χ0) is 23.7. The number of nitrogens with zero attached hydrogens (tertiary/aromatic N) is 7. The normalized spacial score (nSPS) is 13.9. The second kappa shape index (κ2) is 9.14. The van der Waals surface area contributed by atoms with E-state index in [1.807, 2.05) is 12.1 Å². The topological polar surface area (TPSA) is 98.5 Å². The van der Waals surface area contributed by atoms with Gasteiger partial charge >= 0.3 is 0 Å². The van der Waals surface area contributed by atoms with Crippen molar-refractivity contribution in [3.05, 3.63) is 59.4 Å². The molecule has 0 radical (unpaired) electrons. The summed E-state index contributed by atoms with van der Waals surface area (Å²) in [6.07, 6.45) is 1.51. The Hall–Kier alpha value is -3.92. The van der Waals surface area contributed by atoms with Crippen LogP contribution in [0.5, 0.6) is 11.5 Å². The summed E-state index contributed by atoms with van der Waals surface area (Å²) in [6.45, 7) is 2.24. The third-order valence-corrected chi connectivity index (χ3v) is 6.04. The lowest BCUT2D eigenvalue weighted by Crippen LogP contribution is -2.49. The molecule has 0 bridgehead atoms. The number of fused-ring (bicyclic) bond motifs is 1. The molecule has 1 fully saturated rings. The first kappa shape index (κ1) is 21.9. The summed E-state index contributed by atoms with van der Waals surface area (Å²) in [5, 5.41) is 9.25. The Morgan fingerprint density at radius 3 is 2.44 bits per heavy atom. The molecule has 2 aromatic heterocycles. The summed E-state index contributed by atoms with van der Waals surface area (Å²) in [4.78, 5) is 26.0. The SMILES string of the molecule is COc1cccc(C(=O)N2CCN(c3ncnc4c3nnn4-c3ccc(Cl)cc3)CC2)c1OC. The van der Waals surface area contributed by atoms with Gasteiger partial charge < -0.3 is 19.3 Å². The number of carbonyl (C=O) groups excluding carboxylic acids is 1. The van der Waals surface area contributed by atoms with Gasteiger partial charge in [-0.05, 0) is 36.4 Å². The van der Waals surface area contributed by atoms with Crippen molar-refractivity contribution in [2.75, 3.05) is 45.3 Å². The van der Waals surface area contributed by atoms with E-state index >= 15 is 0 Å². The molecule has 0 unspecified atom stereocenters. The molecule has 11 heteroatoms. The highest BCUT2D eigenvalue weighted by Gasteiger charge is 2.27. The molecule has 4 aromatic rings. The van der Waals surface area contributed by atoms with Crippen LogP contribution in [0.2, 0.25) is 5.02 Å².